The first kappa shape index (κ1) is 13.1. The van der Waals surface area contributed by atoms with Crippen molar-refractivity contribution in [1.29, 1.82) is 0 Å². The molecule has 0 aliphatic heterocycles. The van der Waals surface area contributed by atoms with Gasteiger partial charge in [-0.1, -0.05) is 12.1 Å². The number of thiophene rings is 1. The zero-order valence-electron chi connectivity index (χ0n) is 10.9. The van der Waals surface area contributed by atoms with Crippen LogP contribution in [0.4, 0.5) is 0 Å². The van der Waals surface area contributed by atoms with E-state index < -0.39 is 0 Å². The molecule has 18 heavy (non-hydrogen) atoms. The maximum absolute atomic E-state index is 5.68. The van der Waals surface area contributed by atoms with E-state index in [-0.39, 0.29) is 0 Å². The fourth-order valence-corrected chi connectivity index (χ4v) is 2.61. The zero-order valence-corrected chi connectivity index (χ0v) is 11.7. The highest BCUT2D eigenvalue weighted by molar-refractivity contribution is 7.10. The summed E-state index contributed by atoms with van der Waals surface area (Å²) in [5.41, 5.74) is 2.60. The molecule has 1 aromatic heterocycles. The first-order valence-electron chi connectivity index (χ1n) is 6.19. The predicted molar refractivity (Wildman–Crippen MR) is 77.4 cm³/mol. The largest absolute Gasteiger partial charge is 0.492 e. The molecule has 0 saturated carbocycles. The van der Waals surface area contributed by atoms with Crippen LogP contribution in [-0.4, -0.2) is 13.2 Å². The van der Waals surface area contributed by atoms with Crippen LogP contribution in [0.1, 0.15) is 16.0 Å². The van der Waals surface area contributed by atoms with E-state index in [1.165, 1.54) is 16.0 Å². The Morgan fingerprint density at radius 1 is 1.22 bits per heavy atom. The molecular weight excluding hydrogens is 242 g/mol. The summed E-state index contributed by atoms with van der Waals surface area (Å²) in [6.45, 7) is 6.72. The molecule has 0 saturated heterocycles. The fraction of sp³-hybridized carbons (Fsp3) is 0.333. The lowest BCUT2D eigenvalue weighted by Crippen LogP contribution is -2.20. The topological polar surface area (TPSA) is 21.3 Å². The number of aryl methyl sites for hydroxylation is 2. The summed E-state index contributed by atoms with van der Waals surface area (Å²) >= 11 is 1.80. The quantitative estimate of drug-likeness (QED) is 0.803. The molecular formula is C15H19NOS. The first-order chi connectivity index (χ1) is 8.75. The van der Waals surface area contributed by atoms with E-state index in [9.17, 15) is 0 Å². The molecule has 2 aromatic rings. The van der Waals surface area contributed by atoms with Gasteiger partial charge in [0.1, 0.15) is 12.4 Å². The van der Waals surface area contributed by atoms with Gasteiger partial charge in [-0.3, -0.25) is 0 Å². The van der Waals surface area contributed by atoms with E-state index in [2.05, 4.69) is 42.7 Å². The Morgan fingerprint density at radius 3 is 2.83 bits per heavy atom. The van der Waals surface area contributed by atoms with Crippen molar-refractivity contribution in [3.8, 4) is 5.75 Å². The molecule has 0 atom stereocenters. The fourth-order valence-electron chi connectivity index (χ4n) is 1.73. The van der Waals surface area contributed by atoms with Crippen molar-refractivity contribution in [2.45, 2.75) is 20.4 Å². The second-order valence-electron chi connectivity index (χ2n) is 4.37. The highest BCUT2D eigenvalue weighted by Crippen LogP contribution is 2.15. The van der Waals surface area contributed by atoms with Gasteiger partial charge >= 0.3 is 0 Å². The summed E-state index contributed by atoms with van der Waals surface area (Å²) in [5.74, 6) is 0.948. The molecule has 96 valence electrons. The molecule has 1 heterocycles. The predicted octanol–water partition coefficient (Wildman–Crippen LogP) is 3.53. The molecule has 0 amide bonds. The summed E-state index contributed by atoms with van der Waals surface area (Å²) in [5, 5.41) is 5.53. The van der Waals surface area contributed by atoms with E-state index >= 15 is 0 Å². The monoisotopic (exact) mass is 261 g/mol. The molecule has 2 rings (SSSR count). The number of hydrogen-bond acceptors (Lipinski definition) is 3. The minimum Gasteiger partial charge on any atom is -0.492 e. The third-order valence-corrected chi connectivity index (χ3v) is 3.81. The summed E-state index contributed by atoms with van der Waals surface area (Å²) in [6, 6.07) is 10.3. The van der Waals surface area contributed by atoms with Crippen LogP contribution in [0.25, 0.3) is 0 Å². The average Bonchev–Trinajstić information content (AvgIpc) is 2.75. The Hall–Kier alpha value is -1.32. The molecule has 1 aromatic carbocycles. The van der Waals surface area contributed by atoms with Crippen LogP contribution in [-0.2, 0) is 6.54 Å². The Labute approximate surface area is 113 Å². The second-order valence-corrected chi connectivity index (χ2v) is 5.37. The normalized spacial score (nSPS) is 10.6. The van der Waals surface area contributed by atoms with Crippen LogP contribution >= 0.6 is 11.3 Å². The molecule has 2 nitrogen and oxygen atoms in total. The molecule has 0 fully saturated rings. The van der Waals surface area contributed by atoms with Gasteiger partial charge in [-0.15, -0.1) is 11.3 Å². The van der Waals surface area contributed by atoms with Gasteiger partial charge < -0.3 is 10.1 Å². The van der Waals surface area contributed by atoms with Gasteiger partial charge in [0.25, 0.3) is 0 Å². The van der Waals surface area contributed by atoms with E-state index in [0.717, 1.165) is 18.8 Å². The van der Waals surface area contributed by atoms with Crippen molar-refractivity contribution in [2.24, 2.45) is 0 Å². The molecule has 0 radical (unpaired) electrons. The molecule has 0 spiro atoms. The third kappa shape index (κ3) is 3.86. The van der Waals surface area contributed by atoms with Gasteiger partial charge in [0.2, 0.25) is 0 Å². The van der Waals surface area contributed by atoms with Crippen LogP contribution in [0.15, 0.2) is 35.7 Å². The van der Waals surface area contributed by atoms with E-state index in [4.69, 9.17) is 4.74 Å². The van der Waals surface area contributed by atoms with Gasteiger partial charge in [0.15, 0.2) is 0 Å². The Balaban J connectivity index is 1.66. The maximum Gasteiger partial charge on any atom is 0.119 e. The number of rotatable bonds is 6. The van der Waals surface area contributed by atoms with Crippen molar-refractivity contribution >= 4 is 11.3 Å². The Bertz CT molecular complexity index is 493. The molecule has 3 heteroatoms. The smallest absolute Gasteiger partial charge is 0.119 e. The van der Waals surface area contributed by atoms with Gasteiger partial charge in [-0.25, -0.2) is 0 Å². The highest BCUT2D eigenvalue weighted by Gasteiger charge is 1.98. The van der Waals surface area contributed by atoms with Crippen LogP contribution in [0.3, 0.4) is 0 Å². The molecule has 1 N–H and O–H groups in total. The lowest BCUT2D eigenvalue weighted by molar-refractivity contribution is 0.313. The van der Waals surface area contributed by atoms with Crippen LogP contribution in [0.5, 0.6) is 5.75 Å². The molecule has 0 aliphatic rings. The Kier molecular flexibility index (Phi) is 4.79. The molecule has 0 aliphatic carbocycles. The third-order valence-electron chi connectivity index (χ3n) is 2.79. The van der Waals surface area contributed by atoms with Gasteiger partial charge in [0, 0.05) is 18.0 Å². The summed E-state index contributed by atoms with van der Waals surface area (Å²) < 4.78 is 5.68. The standard InChI is InChI=1S/C15H19NOS/c1-12-4-3-5-14(10-12)17-8-7-16-11-15-13(2)6-9-18-15/h3-6,9-10,16H,7-8,11H2,1-2H3. The SMILES string of the molecule is Cc1cccc(OCCNCc2sccc2C)c1. The van der Waals surface area contributed by atoms with Crippen LogP contribution in [0.2, 0.25) is 0 Å². The van der Waals surface area contributed by atoms with Crippen molar-refractivity contribution in [3.05, 3.63) is 51.7 Å². The summed E-state index contributed by atoms with van der Waals surface area (Å²) in [4.78, 5) is 1.41. The van der Waals surface area contributed by atoms with Gasteiger partial charge in [-0.2, -0.15) is 0 Å². The first-order valence-corrected chi connectivity index (χ1v) is 7.07. The van der Waals surface area contributed by atoms with Gasteiger partial charge in [-0.05, 0) is 48.6 Å². The average molecular weight is 261 g/mol. The number of hydrogen-bond donors (Lipinski definition) is 1. The van der Waals surface area contributed by atoms with E-state index in [1.807, 2.05) is 12.1 Å². The highest BCUT2D eigenvalue weighted by atomic mass is 32.1. The van der Waals surface area contributed by atoms with E-state index in [1.54, 1.807) is 11.3 Å². The van der Waals surface area contributed by atoms with Crippen molar-refractivity contribution in [3.63, 3.8) is 0 Å². The van der Waals surface area contributed by atoms with Crippen molar-refractivity contribution in [2.75, 3.05) is 13.2 Å². The van der Waals surface area contributed by atoms with Crippen molar-refractivity contribution in [1.82, 2.24) is 5.32 Å². The Morgan fingerprint density at radius 2 is 2.11 bits per heavy atom. The van der Waals surface area contributed by atoms with Crippen molar-refractivity contribution < 1.29 is 4.74 Å². The zero-order chi connectivity index (χ0) is 12.8. The second kappa shape index (κ2) is 6.57. The number of benzene rings is 1. The minimum absolute atomic E-state index is 0.702. The van der Waals surface area contributed by atoms with Crippen LogP contribution < -0.4 is 10.1 Å². The molecule has 0 unspecified atom stereocenters. The number of nitrogens with one attached hydrogen (secondary N) is 1. The molecule has 0 bridgehead atoms. The van der Waals surface area contributed by atoms with Crippen LogP contribution in [0, 0.1) is 13.8 Å². The lowest BCUT2D eigenvalue weighted by atomic mass is 10.2. The van der Waals surface area contributed by atoms with Gasteiger partial charge in [0.05, 0.1) is 0 Å². The lowest BCUT2D eigenvalue weighted by Gasteiger charge is -2.08. The summed E-state index contributed by atoms with van der Waals surface area (Å²) in [7, 11) is 0. The summed E-state index contributed by atoms with van der Waals surface area (Å²) in [6.07, 6.45) is 0. The maximum atomic E-state index is 5.68. The minimum atomic E-state index is 0.702. The van der Waals surface area contributed by atoms with E-state index in [0.29, 0.717) is 6.61 Å². The number of ether oxygens (including phenoxy) is 1.